The van der Waals surface area contributed by atoms with Crippen LogP contribution < -0.4 is 5.73 Å². The molecule has 0 spiro atoms. The monoisotopic (exact) mass is 264 g/mol. The van der Waals surface area contributed by atoms with Gasteiger partial charge in [-0.25, -0.2) is 0 Å². The third kappa shape index (κ3) is 3.53. The van der Waals surface area contributed by atoms with Gasteiger partial charge in [-0.3, -0.25) is 4.79 Å². The zero-order valence-corrected chi connectivity index (χ0v) is 10.9. The van der Waals surface area contributed by atoms with Gasteiger partial charge in [0.25, 0.3) is 0 Å². The summed E-state index contributed by atoms with van der Waals surface area (Å²) in [5, 5.41) is 9.27. The molecule has 0 aromatic heterocycles. The minimum Gasteiger partial charge on any atom is -0.394 e. The lowest BCUT2D eigenvalue weighted by Crippen LogP contribution is -2.55. The summed E-state index contributed by atoms with van der Waals surface area (Å²) in [5.41, 5.74) is 7.02. The zero-order chi connectivity index (χ0) is 13.7. The Labute approximate surface area is 113 Å². The first kappa shape index (κ1) is 14.0. The maximum atomic E-state index is 12.3. The molecule has 1 amide bonds. The van der Waals surface area contributed by atoms with Crippen molar-refractivity contribution in [2.24, 2.45) is 5.73 Å². The Kier molecular flexibility index (Phi) is 4.90. The third-order valence-corrected chi connectivity index (χ3v) is 3.34. The number of rotatable bonds is 4. The van der Waals surface area contributed by atoms with E-state index < -0.39 is 6.04 Å². The number of aliphatic hydroxyl groups is 1. The Balaban J connectivity index is 1.98. The molecule has 1 aromatic carbocycles. The van der Waals surface area contributed by atoms with E-state index in [0.29, 0.717) is 26.2 Å². The molecule has 5 heteroatoms. The molecule has 2 atom stereocenters. The molecule has 19 heavy (non-hydrogen) atoms. The van der Waals surface area contributed by atoms with Crippen molar-refractivity contribution < 1.29 is 14.6 Å². The predicted octanol–water partition coefficient (Wildman–Crippen LogP) is -0.224. The summed E-state index contributed by atoms with van der Waals surface area (Å²) >= 11 is 0. The summed E-state index contributed by atoms with van der Waals surface area (Å²) in [4.78, 5) is 13.9. The van der Waals surface area contributed by atoms with E-state index in [-0.39, 0.29) is 18.6 Å². The SMILES string of the molecule is N[C@H](Cc1ccccc1)C(=O)N1CCOCC1CO. The van der Waals surface area contributed by atoms with Crippen LogP contribution >= 0.6 is 0 Å². The molecule has 1 aliphatic rings. The highest BCUT2D eigenvalue weighted by Gasteiger charge is 2.29. The minimum absolute atomic E-state index is 0.0935. The number of nitrogens with zero attached hydrogens (tertiary/aromatic N) is 1. The molecule has 0 aliphatic carbocycles. The van der Waals surface area contributed by atoms with Crippen LogP contribution in [0.25, 0.3) is 0 Å². The van der Waals surface area contributed by atoms with Crippen molar-refractivity contribution in [3.8, 4) is 0 Å². The lowest BCUT2D eigenvalue weighted by molar-refractivity contribution is -0.143. The Morgan fingerprint density at radius 3 is 2.89 bits per heavy atom. The lowest BCUT2D eigenvalue weighted by atomic mass is 10.0. The lowest BCUT2D eigenvalue weighted by Gasteiger charge is -2.36. The molecule has 2 rings (SSSR count). The first-order valence-corrected chi connectivity index (χ1v) is 6.51. The van der Waals surface area contributed by atoms with E-state index in [1.54, 1.807) is 4.90 Å². The molecule has 1 unspecified atom stereocenters. The molecule has 1 aromatic rings. The van der Waals surface area contributed by atoms with Crippen LogP contribution in [-0.4, -0.2) is 54.4 Å². The van der Waals surface area contributed by atoms with Crippen molar-refractivity contribution in [2.45, 2.75) is 18.5 Å². The highest BCUT2D eigenvalue weighted by molar-refractivity contribution is 5.82. The van der Waals surface area contributed by atoms with Crippen LogP contribution in [0.2, 0.25) is 0 Å². The van der Waals surface area contributed by atoms with Crippen molar-refractivity contribution >= 4 is 5.91 Å². The van der Waals surface area contributed by atoms with Gasteiger partial charge in [0.15, 0.2) is 0 Å². The number of benzene rings is 1. The summed E-state index contributed by atoms with van der Waals surface area (Å²) in [7, 11) is 0. The van der Waals surface area contributed by atoms with Crippen LogP contribution in [0.3, 0.4) is 0 Å². The molecule has 0 radical (unpaired) electrons. The number of morpholine rings is 1. The summed E-state index contributed by atoms with van der Waals surface area (Å²) in [6.45, 7) is 1.27. The molecule has 1 fully saturated rings. The number of carbonyl (C=O) groups is 1. The number of carbonyl (C=O) groups excluding carboxylic acids is 1. The molecule has 1 heterocycles. The molecular formula is C14H20N2O3. The summed E-state index contributed by atoms with van der Waals surface area (Å²) in [6.07, 6.45) is 0.509. The Bertz CT molecular complexity index is 410. The highest BCUT2D eigenvalue weighted by atomic mass is 16.5. The quantitative estimate of drug-likeness (QED) is 0.788. The standard InChI is InChI=1S/C14H20N2O3/c15-13(8-11-4-2-1-3-5-11)14(18)16-6-7-19-10-12(16)9-17/h1-5,12-13,17H,6-10,15H2/t12?,13-/m1/s1. The normalized spacial score (nSPS) is 21.2. The van der Waals surface area contributed by atoms with Crippen LogP contribution in [0.4, 0.5) is 0 Å². The van der Waals surface area contributed by atoms with Crippen LogP contribution in [0.1, 0.15) is 5.56 Å². The van der Waals surface area contributed by atoms with Gasteiger partial charge in [-0.1, -0.05) is 30.3 Å². The summed E-state index contributed by atoms with van der Waals surface area (Å²) in [6, 6.07) is 8.85. The van der Waals surface area contributed by atoms with Crippen molar-refractivity contribution in [2.75, 3.05) is 26.4 Å². The second-order valence-electron chi connectivity index (χ2n) is 4.74. The fraction of sp³-hybridized carbons (Fsp3) is 0.500. The molecule has 1 saturated heterocycles. The maximum Gasteiger partial charge on any atom is 0.240 e. The van der Waals surface area contributed by atoms with Gasteiger partial charge in [0.05, 0.1) is 31.9 Å². The van der Waals surface area contributed by atoms with Crippen molar-refractivity contribution in [3.63, 3.8) is 0 Å². The zero-order valence-electron chi connectivity index (χ0n) is 10.9. The van der Waals surface area contributed by atoms with Gasteiger partial charge in [0.1, 0.15) is 0 Å². The van der Waals surface area contributed by atoms with Gasteiger partial charge in [0.2, 0.25) is 5.91 Å². The molecule has 5 nitrogen and oxygen atoms in total. The van der Waals surface area contributed by atoms with Crippen molar-refractivity contribution in [1.29, 1.82) is 0 Å². The third-order valence-electron chi connectivity index (χ3n) is 3.34. The average molecular weight is 264 g/mol. The van der Waals surface area contributed by atoms with E-state index in [1.165, 1.54) is 0 Å². The number of hydrogen-bond acceptors (Lipinski definition) is 4. The second kappa shape index (κ2) is 6.65. The van der Waals surface area contributed by atoms with E-state index in [2.05, 4.69) is 0 Å². The minimum atomic E-state index is -0.574. The number of nitrogens with two attached hydrogens (primary N) is 1. The Morgan fingerprint density at radius 2 is 2.21 bits per heavy atom. The topological polar surface area (TPSA) is 75.8 Å². The van der Waals surface area contributed by atoms with Gasteiger partial charge in [-0.05, 0) is 12.0 Å². The van der Waals surface area contributed by atoms with Crippen LogP contribution in [-0.2, 0) is 16.0 Å². The van der Waals surface area contributed by atoms with Crippen molar-refractivity contribution in [3.05, 3.63) is 35.9 Å². The first-order valence-electron chi connectivity index (χ1n) is 6.51. The fourth-order valence-corrected chi connectivity index (χ4v) is 2.26. The Morgan fingerprint density at radius 1 is 1.47 bits per heavy atom. The molecular weight excluding hydrogens is 244 g/mol. The van der Waals surface area contributed by atoms with E-state index in [1.807, 2.05) is 30.3 Å². The fourth-order valence-electron chi connectivity index (χ4n) is 2.26. The first-order chi connectivity index (χ1) is 9.22. The van der Waals surface area contributed by atoms with E-state index in [9.17, 15) is 9.90 Å². The highest BCUT2D eigenvalue weighted by Crippen LogP contribution is 2.10. The number of ether oxygens (including phenoxy) is 1. The van der Waals surface area contributed by atoms with E-state index in [0.717, 1.165) is 5.56 Å². The molecule has 0 saturated carbocycles. The smallest absolute Gasteiger partial charge is 0.240 e. The van der Waals surface area contributed by atoms with Crippen LogP contribution in [0.5, 0.6) is 0 Å². The van der Waals surface area contributed by atoms with Crippen LogP contribution in [0, 0.1) is 0 Å². The van der Waals surface area contributed by atoms with Gasteiger partial charge in [0, 0.05) is 6.54 Å². The maximum absolute atomic E-state index is 12.3. The molecule has 1 aliphatic heterocycles. The average Bonchev–Trinajstić information content (AvgIpc) is 2.47. The molecule has 3 N–H and O–H groups in total. The Hall–Kier alpha value is -1.43. The molecule has 104 valence electrons. The summed E-state index contributed by atoms with van der Waals surface area (Å²) < 4.78 is 5.26. The second-order valence-corrected chi connectivity index (χ2v) is 4.74. The van der Waals surface area contributed by atoms with Crippen molar-refractivity contribution in [1.82, 2.24) is 4.90 Å². The van der Waals surface area contributed by atoms with E-state index in [4.69, 9.17) is 10.5 Å². The number of hydrogen-bond donors (Lipinski definition) is 2. The summed E-state index contributed by atoms with van der Waals surface area (Å²) in [5.74, 6) is -0.119. The predicted molar refractivity (Wildman–Crippen MR) is 71.5 cm³/mol. The number of amides is 1. The van der Waals surface area contributed by atoms with Gasteiger partial charge in [-0.2, -0.15) is 0 Å². The largest absolute Gasteiger partial charge is 0.394 e. The van der Waals surface area contributed by atoms with Gasteiger partial charge < -0.3 is 20.5 Å². The van der Waals surface area contributed by atoms with Gasteiger partial charge >= 0.3 is 0 Å². The number of aliphatic hydroxyl groups excluding tert-OH is 1. The van der Waals surface area contributed by atoms with Gasteiger partial charge in [-0.15, -0.1) is 0 Å². The van der Waals surface area contributed by atoms with Crippen LogP contribution in [0.15, 0.2) is 30.3 Å². The molecule has 0 bridgehead atoms. The van der Waals surface area contributed by atoms with E-state index >= 15 is 0 Å².